The summed E-state index contributed by atoms with van der Waals surface area (Å²) in [5.74, 6) is 0. The van der Waals surface area contributed by atoms with E-state index in [4.69, 9.17) is 0 Å². The lowest BCUT2D eigenvalue weighted by Crippen LogP contribution is -2.08. The van der Waals surface area contributed by atoms with E-state index in [-0.39, 0.29) is 0 Å². The summed E-state index contributed by atoms with van der Waals surface area (Å²) in [6, 6.07) is 45.9. The van der Waals surface area contributed by atoms with Gasteiger partial charge in [-0.2, -0.15) is 0 Å². The molecular weight excluding hydrogens is 494 g/mol. The number of para-hydroxylation sites is 1. The third kappa shape index (κ3) is 3.62. The zero-order valence-electron chi connectivity index (χ0n) is 23.7. The Kier molecular flexibility index (Phi) is 5.60. The molecule has 1 nitrogen and oxygen atoms in total. The zero-order chi connectivity index (χ0) is 27.5. The highest BCUT2D eigenvalue weighted by Crippen LogP contribution is 2.45. The van der Waals surface area contributed by atoms with E-state index >= 15 is 0 Å². The van der Waals surface area contributed by atoms with Crippen LogP contribution in [-0.2, 0) is 0 Å². The number of hydrogen-bond donors (Lipinski definition) is 0. The molecule has 1 aromatic heterocycles. The van der Waals surface area contributed by atoms with Crippen molar-refractivity contribution in [1.82, 2.24) is 4.57 Å². The minimum atomic E-state index is 0.463. The molecule has 7 aromatic carbocycles. The van der Waals surface area contributed by atoms with Crippen LogP contribution in [0.25, 0.3) is 76.4 Å². The van der Waals surface area contributed by atoms with E-state index in [2.05, 4.69) is 140 Å². The maximum atomic E-state index is 2.66. The van der Waals surface area contributed by atoms with Gasteiger partial charge in [0, 0.05) is 27.9 Å². The molecule has 0 saturated heterocycles. The van der Waals surface area contributed by atoms with Crippen molar-refractivity contribution >= 4 is 54.1 Å². The van der Waals surface area contributed by atoms with Crippen LogP contribution in [0.3, 0.4) is 0 Å². The van der Waals surface area contributed by atoms with Gasteiger partial charge in [-0.1, -0.05) is 123 Å². The van der Waals surface area contributed by atoms with E-state index in [0.717, 1.165) is 6.42 Å². The van der Waals surface area contributed by atoms with Crippen LogP contribution < -0.4 is 0 Å². The van der Waals surface area contributed by atoms with Crippen LogP contribution in [0.5, 0.6) is 0 Å². The van der Waals surface area contributed by atoms with Gasteiger partial charge in [-0.15, -0.1) is 0 Å². The van der Waals surface area contributed by atoms with Gasteiger partial charge in [0.2, 0.25) is 0 Å². The molecule has 0 aliphatic rings. The number of aromatic nitrogens is 1. The van der Waals surface area contributed by atoms with Crippen molar-refractivity contribution in [3.05, 3.63) is 121 Å². The molecule has 0 fully saturated rings. The highest BCUT2D eigenvalue weighted by atomic mass is 15.0. The van der Waals surface area contributed by atoms with Crippen molar-refractivity contribution in [2.75, 3.05) is 0 Å². The minimum Gasteiger partial charge on any atom is -0.337 e. The highest BCUT2D eigenvalue weighted by Gasteiger charge is 2.22. The summed E-state index contributed by atoms with van der Waals surface area (Å²) in [4.78, 5) is 0. The van der Waals surface area contributed by atoms with E-state index < -0.39 is 0 Å². The van der Waals surface area contributed by atoms with Gasteiger partial charge in [0.1, 0.15) is 0 Å². The van der Waals surface area contributed by atoms with Gasteiger partial charge in [-0.05, 0) is 80.0 Å². The van der Waals surface area contributed by atoms with Crippen molar-refractivity contribution in [1.29, 1.82) is 0 Å². The maximum absolute atomic E-state index is 2.66. The van der Waals surface area contributed by atoms with Crippen molar-refractivity contribution < 1.29 is 0 Å². The summed E-state index contributed by atoms with van der Waals surface area (Å²) < 4.78 is 2.66. The first-order chi connectivity index (χ1) is 20.3. The predicted octanol–water partition coefficient (Wildman–Crippen LogP) is 11.8. The lowest BCUT2D eigenvalue weighted by Gasteiger charge is -2.21. The summed E-state index contributed by atoms with van der Waals surface area (Å²) in [5, 5.41) is 10.7. The molecular formula is C40H33N. The maximum Gasteiger partial charge on any atom is 0.0574 e. The third-order valence-electron chi connectivity index (χ3n) is 9.19. The van der Waals surface area contributed by atoms with Gasteiger partial charge in [0.25, 0.3) is 0 Å². The molecule has 41 heavy (non-hydrogen) atoms. The Bertz CT molecular complexity index is 2180. The zero-order valence-corrected chi connectivity index (χ0v) is 23.7. The molecule has 0 amide bonds. The number of fused-ring (bicyclic) bond motifs is 3. The fourth-order valence-electron chi connectivity index (χ4n) is 7.34. The summed E-state index contributed by atoms with van der Waals surface area (Å²) >= 11 is 0. The van der Waals surface area contributed by atoms with Crippen LogP contribution in [0, 0.1) is 0 Å². The second kappa shape index (κ2) is 9.49. The molecule has 1 unspecified atom stereocenters. The Morgan fingerprint density at radius 1 is 0.537 bits per heavy atom. The fourth-order valence-corrected chi connectivity index (χ4v) is 7.34. The Labute approximate surface area is 241 Å². The van der Waals surface area contributed by atoms with Crippen molar-refractivity contribution in [3.63, 3.8) is 0 Å². The van der Waals surface area contributed by atoms with E-state index in [9.17, 15) is 0 Å². The molecule has 0 spiro atoms. The van der Waals surface area contributed by atoms with Crippen molar-refractivity contribution in [2.24, 2.45) is 0 Å². The quantitative estimate of drug-likeness (QED) is 0.190. The highest BCUT2D eigenvalue weighted by molar-refractivity contribution is 6.26. The molecule has 1 heterocycles. The summed E-state index contributed by atoms with van der Waals surface area (Å²) in [6.45, 7) is 4.64. The summed E-state index contributed by atoms with van der Waals surface area (Å²) in [6.07, 6.45) is 3.47. The first kappa shape index (κ1) is 24.2. The van der Waals surface area contributed by atoms with E-state index in [0.29, 0.717) is 6.04 Å². The first-order valence-corrected chi connectivity index (χ1v) is 15.1. The van der Waals surface area contributed by atoms with Crippen LogP contribution in [0.4, 0.5) is 0 Å². The fraction of sp³-hybridized carbons (Fsp3) is 0.150. The van der Waals surface area contributed by atoms with Crippen LogP contribution in [0.1, 0.15) is 39.2 Å². The van der Waals surface area contributed by atoms with Crippen LogP contribution in [0.2, 0.25) is 0 Å². The monoisotopic (exact) mass is 527 g/mol. The van der Waals surface area contributed by atoms with E-state index in [1.807, 2.05) is 0 Å². The van der Waals surface area contributed by atoms with Gasteiger partial charge < -0.3 is 4.57 Å². The number of benzene rings is 7. The predicted molar refractivity (Wildman–Crippen MR) is 178 cm³/mol. The SMILES string of the molecule is CCCC(CC)n1c2ccccc2c2cc(-c3ccc4ccc5cccc6ccc3c4c56)cc(-c3ccccc3)c21. The van der Waals surface area contributed by atoms with Gasteiger partial charge in [-0.3, -0.25) is 0 Å². The lowest BCUT2D eigenvalue weighted by atomic mass is 9.88. The molecule has 0 aliphatic carbocycles. The molecule has 8 rings (SSSR count). The van der Waals surface area contributed by atoms with E-state index in [1.54, 1.807) is 0 Å². The van der Waals surface area contributed by atoms with Crippen molar-refractivity contribution in [3.8, 4) is 22.3 Å². The number of hydrogen-bond acceptors (Lipinski definition) is 0. The molecule has 0 saturated carbocycles. The first-order valence-electron chi connectivity index (χ1n) is 15.1. The summed E-state index contributed by atoms with van der Waals surface area (Å²) in [7, 11) is 0. The second-order valence-corrected chi connectivity index (χ2v) is 11.5. The van der Waals surface area contributed by atoms with Crippen molar-refractivity contribution in [2.45, 2.75) is 39.2 Å². The molecule has 198 valence electrons. The van der Waals surface area contributed by atoms with Crippen LogP contribution in [-0.4, -0.2) is 4.57 Å². The Balaban J connectivity index is 1.51. The second-order valence-electron chi connectivity index (χ2n) is 11.5. The number of rotatable bonds is 6. The van der Waals surface area contributed by atoms with Gasteiger partial charge in [0.05, 0.1) is 5.52 Å². The molecule has 1 heteroatoms. The minimum absolute atomic E-state index is 0.463. The van der Waals surface area contributed by atoms with Gasteiger partial charge >= 0.3 is 0 Å². The Morgan fingerprint density at radius 2 is 1.24 bits per heavy atom. The van der Waals surface area contributed by atoms with Gasteiger partial charge in [-0.25, -0.2) is 0 Å². The average molecular weight is 528 g/mol. The number of nitrogens with zero attached hydrogens (tertiary/aromatic N) is 1. The third-order valence-corrected chi connectivity index (χ3v) is 9.19. The van der Waals surface area contributed by atoms with Gasteiger partial charge in [0.15, 0.2) is 0 Å². The largest absolute Gasteiger partial charge is 0.337 e. The molecule has 0 aliphatic heterocycles. The van der Waals surface area contributed by atoms with E-state index in [1.165, 1.54) is 89.2 Å². The molecule has 0 N–H and O–H groups in total. The summed E-state index contributed by atoms with van der Waals surface area (Å²) in [5.41, 5.74) is 7.86. The molecule has 0 bridgehead atoms. The topological polar surface area (TPSA) is 4.93 Å². The van der Waals surface area contributed by atoms with Crippen LogP contribution >= 0.6 is 0 Å². The molecule has 1 atom stereocenters. The smallest absolute Gasteiger partial charge is 0.0574 e. The standard InChI is InChI=1S/C40H33N/c1-3-11-31(4-2)41-37-17-9-8-16-33(37)36-25-30(24-35(40(36)41)26-12-6-5-7-13-26)32-22-20-29-19-18-27-14-10-15-28-21-23-34(32)39(29)38(27)28/h5-10,12-25,31H,3-4,11H2,1-2H3. The van der Waals surface area contributed by atoms with Crippen LogP contribution in [0.15, 0.2) is 121 Å². The average Bonchev–Trinajstić information content (AvgIpc) is 3.36. The molecule has 0 radical (unpaired) electrons. The molecule has 8 aromatic rings. The normalized spacial score (nSPS) is 12.8. The Hall–Kier alpha value is -4.62. The lowest BCUT2D eigenvalue weighted by molar-refractivity contribution is 0.471. The Morgan fingerprint density at radius 3 is 2.02 bits per heavy atom.